The van der Waals surface area contributed by atoms with E-state index in [0.29, 0.717) is 5.56 Å². The van der Waals surface area contributed by atoms with Gasteiger partial charge in [0.05, 0.1) is 49.5 Å². The molecule has 0 saturated carbocycles. The van der Waals surface area contributed by atoms with Gasteiger partial charge in [0.2, 0.25) is 0 Å². The summed E-state index contributed by atoms with van der Waals surface area (Å²) in [5.74, 6) is -0.421. The number of hydrogen-bond acceptors (Lipinski definition) is 11. The number of hydrogen-bond donors (Lipinski definition) is 2. The number of nitro benzene ring substituents is 2. The van der Waals surface area contributed by atoms with Gasteiger partial charge in [-0.3, -0.25) is 20.2 Å². The monoisotopic (exact) mass is 656 g/mol. The van der Waals surface area contributed by atoms with E-state index in [2.05, 4.69) is 28.1 Å². The minimum atomic E-state index is -0.549. The lowest BCUT2D eigenvalue weighted by molar-refractivity contribution is -0.385. The van der Waals surface area contributed by atoms with Crippen LogP contribution in [0.5, 0.6) is 0 Å². The number of nitro groups is 2. The molecule has 0 spiro atoms. The summed E-state index contributed by atoms with van der Waals surface area (Å²) >= 11 is 0. The number of aryl methyl sites for hydroxylation is 3. The largest absolute Gasteiger partial charge is 0.399 e. The zero-order valence-corrected chi connectivity index (χ0v) is 27.3. The molecule has 0 radical (unpaired) electrons. The van der Waals surface area contributed by atoms with Gasteiger partial charge >= 0.3 is 0 Å². The molecule has 3 aromatic carbocycles. The van der Waals surface area contributed by atoms with Crippen LogP contribution in [-0.4, -0.2) is 88.8 Å². The van der Waals surface area contributed by atoms with Crippen LogP contribution >= 0.6 is 0 Å². The molecule has 47 heavy (non-hydrogen) atoms. The lowest BCUT2D eigenvalue weighted by atomic mass is 10.1. The summed E-state index contributed by atoms with van der Waals surface area (Å²) in [5.41, 5.74) is 11.4. The standard InChI is InChI=1S/C11H14N2O3.C11H16N2O.C7H6FNO2.C4H9NO/c1-9-8-10(13(14)15)2-3-11(9)12-4-6-16-7-5-12;1-9-8-10(12)2-3-11(9)13-4-6-14-7-5-13;1-5-4-6(9(10)11)2-3-7(5)8;1-3-6-4-2-5-1/h2-3,8H,4-7H2,1H3;2-3,8H,4-7,12H2,1H3;2-4H,1H3;5H,1-4H2. The average molecular weight is 657 g/mol. The fraction of sp³-hybridized carbons (Fsp3) is 0.455. The summed E-state index contributed by atoms with van der Waals surface area (Å²) < 4.78 is 28.1. The van der Waals surface area contributed by atoms with E-state index in [0.717, 1.165) is 108 Å². The molecule has 3 fully saturated rings. The molecule has 3 aliphatic rings. The zero-order chi connectivity index (χ0) is 34.2. The third-order valence-corrected chi connectivity index (χ3v) is 7.51. The van der Waals surface area contributed by atoms with Gasteiger partial charge in [0.1, 0.15) is 5.82 Å². The number of halogens is 1. The van der Waals surface area contributed by atoms with Crippen LogP contribution in [0.1, 0.15) is 16.7 Å². The molecule has 3 aliphatic heterocycles. The predicted octanol–water partition coefficient (Wildman–Crippen LogP) is 4.80. The van der Waals surface area contributed by atoms with Gasteiger partial charge in [-0.2, -0.15) is 0 Å². The van der Waals surface area contributed by atoms with Crippen molar-refractivity contribution in [3.8, 4) is 0 Å². The number of non-ortho nitro benzene ring substituents is 2. The zero-order valence-electron chi connectivity index (χ0n) is 27.3. The summed E-state index contributed by atoms with van der Waals surface area (Å²) in [7, 11) is 0. The first-order valence-corrected chi connectivity index (χ1v) is 15.5. The Bertz CT molecular complexity index is 1430. The van der Waals surface area contributed by atoms with E-state index in [1.165, 1.54) is 24.2 Å². The number of ether oxygens (including phenoxy) is 3. The quantitative estimate of drug-likeness (QED) is 0.226. The molecule has 3 saturated heterocycles. The van der Waals surface area contributed by atoms with Crippen molar-refractivity contribution >= 4 is 28.4 Å². The molecule has 0 atom stereocenters. The highest BCUT2D eigenvalue weighted by Gasteiger charge is 2.16. The SMILES string of the molecule is C1COCCN1.Cc1cc(N)ccc1N1CCOCC1.Cc1cc([N+](=O)[O-])ccc1F.Cc1cc([N+](=O)[O-])ccc1N1CCOCC1. The highest BCUT2D eigenvalue weighted by atomic mass is 19.1. The highest BCUT2D eigenvalue weighted by Crippen LogP contribution is 2.25. The van der Waals surface area contributed by atoms with Crippen molar-refractivity contribution in [2.24, 2.45) is 0 Å². The molecule has 3 heterocycles. The number of anilines is 3. The van der Waals surface area contributed by atoms with Gasteiger partial charge in [0.25, 0.3) is 11.4 Å². The number of nitrogen functional groups attached to an aromatic ring is 1. The minimum Gasteiger partial charge on any atom is -0.399 e. The third kappa shape index (κ3) is 12.4. The highest BCUT2D eigenvalue weighted by molar-refractivity contribution is 5.59. The fourth-order valence-corrected chi connectivity index (χ4v) is 5.01. The van der Waals surface area contributed by atoms with Crippen LogP contribution in [0, 0.1) is 46.8 Å². The first kappa shape index (κ1) is 37.1. The Labute approximate surface area is 274 Å². The fourth-order valence-electron chi connectivity index (χ4n) is 5.01. The van der Waals surface area contributed by atoms with Gasteiger partial charge in [-0.05, 0) is 67.8 Å². The van der Waals surface area contributed by atoms with E-state index in [4.69, 9.17) is 19.9 Å². The maximum absolute atomic E-state index is 12.5. The molecule has 14 heteroatoms. The predicted molar refractivity (Wildman–Crippen MR) is 181 cm³/mol. The van der Waals surface area contributed by atoms with Gasteiger partial charge < -0.3 is 35.1 Å². The van der Waals surface area contributed by atoms with Crippen LogP contribution in [0.2, 0.25) is 0 Å². The number of benzene rings is 3. The van der Waals surface area contributed by atoms with Crippen molar-refractivity contribution in [1.82, 2.24) is 5.32 Å². The molecular formula is C33H45FN6O7. The smallest absolute Gasteiger partial charge is 0.269 e. The number of rotatable bonds is 4. The van der Waals surface area contributed by atoms with E-state index >= 15 is 0 Å². The first-order chi connectivity index (χ1) is 22.6. The Balaban J connectivity index is 0.000000178. The topological polar surface area (TPSA) is 158 Å². The van der Waals surface area contributed by atoms with Crippen molar-refractivity contribution in [1.29, 1.82) is 0 Å². The molecule has 0 aliphatic carbocycles. The number of nitrogens with two attached hydrogens (primary N) is 1. The Morgan fingerprint density at radius 1 is 0.660 bits per heavy atom. The van der Waals surface area contributed by atoms with Crippen molar-refractivity contribution in [3.63, 3.8) is 0 Å². The van der Waals surface area contributed by atoms with Crippen molar-refractivity contribution in [2.45, 2.75) is 20.8 Å². The van der Waals surface area contributed by atoms with E-state index in [1.807, 2.05) is 25.1 Å². The van der Waals surface area contributed by atoms with Crippen molar-refractivity contribution < 1.29 is 28.4 Å². The second-order valence-corrected chi connectivity index (χ2v) is 11.0. The Morgan fingerprint density at radius 2 is 1.09 bits per heavy atom. The second-order valence-electron chi connectivity index (χ2n) is 11.0. The van der Waals surface area contributed by atoms with Crippen molar-refractivity contribution in [2.75, 3.05) is 94.4 Å². The summed E-state index contributed by atoms with van der Waals surface area (Å²) in [6.45, 7) is 16.1. The van der Waals surface area contributed by atoms with Crippen LogP contribution in [0.4, 0.5) is 32.8 Å². The molecule has 0 bridgehead atoms. The van der Waals surface area contributed by atoms with Crippen molar-refractivity contribution in [3.05, 3.63) is 97.3 Å². The Morgan fingerprint density at radius 3 is 1.47 bits per heavy atom. The molecule has 3 aromatic rings. The van der Waals surface area contributed by atoms with E-state index in [1.54, 1.807) is 12.1 Å². The van der Waals surface area contributed by atoms with Crippen LogP contribution < -0.4 is 20.9 Å². The van der Waals surface area contributed by atoms with Crippen LogP contribution in [0.15, 0.2) is 54.6 Å². The van der Waals surface area contributed by atoms with Gasteiger partial charge in [-0.15, -0.1) is 0 Å². The maximum atomic E-state index is 12.5. The van der Waals surface area contributed by atoms with Gasteiger partial charge in [-0.25, -0.2) is 4.39 Å². The normalized spacial score (nSPS) is 15.9. The number of nitrogens with zero attached hydrogens (tertiary/aromatic N) is 4. The Kier molecular flexibility index (Phi) is 15.3. The van der Waals surface area contributed by atoms with Crippen LogP contribution in [0.3, 0.4) is 0 Å². The molecular weight excluding hydrogens is 611 g/mol. The van der Waals surface area contributed by atoms with Crippen LogP contribution in [-0.2, 0) is 14.2 Å². The molecule has 13 nitrogen and oxygen atoms in total. The molecule has 0 unspecified atom stereocenters. The number of morpholine rings is 3. The van der Waals surface area contributed by atoms with Gasteiger partial charge in [-0.1, -0.05) is 0 Å². The molecule has 3 N–H and O–H groups in total. The summed E-state index contributed by atoms with van der Waals surface area (Å²) in [4.78, 5) is 24.4. The second kappa shape index (κ2) is 19.3. The number of nitrogens with one attached hydrogen (secondary N) is 1. The lowest BCUT2D eigenvalue weighted by Crippen LogP contribution is -2.36. The average Bonchev–Trinajstić information content (AvgIpc) is 3.08. The summed E-state index contributed by atoms with van der Waals surface area (Å²) in [6.07, 6.45) is 0. The third-order valence-electron chi connectivity index (χ3n) is 7.51. The van der Waals surface area contributed by atoms with Gasteiger partial charge in [0.15, 0.2) is 0 Å². The van der Waals surface area contributed by atoms with E-state index < -0.39 is 10.7 Å². The summed E-state index contributed by atoms with van der Waals surface area (Å²) in [5, 5.41) is 23.9. The summed E-state index contributed by atoms with van der Waals surface area (Å²) in [6, 6.07) is 14.5. The Hall–Kier alpha value is -4.37. The first-order valence-electron chi connectivity index (χ1n) is 15.5. The van der Waals surface area contributed by atoms with Crippen LogP contribution in [0.25, 0.3) is 0 Å². The lowest BCUT2D eigenvalue weighted by Gasteiger charge is -2.30. The maximum Gasteiger partial charge on any atom is 0.269 e. The molecule has 256 valence electrons. The van der Waals surface area contributed by atoms with Gasteiger partial charge in [0, 0.05) is 80.6 Å². The van der Waals surface area contributed by atoms with E-state index in [-0.39, 0.29) is 16.3 Å². The molecule has 6 rings (SSSR count). The minimum absolute atomic E-state index is 0.0797. The van der Waals surface area contributed by atoms with E-state index in [9.17, 15) is 24.6 Å². The molecule has 0 aromatic heterocycles. The molecule has 0 amide bonds.